The number of likely N-dealkylation sites (tertiary alicyclic amines) is 1. The van der Waals surface area contributed by atoms with Gasteiger partial charge in [0.15, 0.2) is 5.41 Å². The first-order valence-corrected chi connectivity index (χ1v) is 7.22. The second-order valence-electron chi connectivity index (χ2n) is 5.43. The van der Waals surface area contributed by atoms with Crippen molar-refractivity contribution in [3.8, 4) is 0 Å². The first kappa shape index (κ1) is 16.3. The van der Waals surface area contributed by atoms with Crippen molar-refractivity contribution in [2.75, 3.05) is 13.1 Å². The van der Waals surface area contributed by atoms with Gasteiger partial charge in [-0.05, 0) is 30.5 Å². The molecule has 3 nitrogen and oxygen atoms in total. The Morgan fingerprint density at radius 2 is 2.14 bits per heavy atom. The van der Waals surface area contributed by atoms with Crippen molar-refractivity contribution < 1.29 is 23.1 Å². The van der Waals surface area contributed by atoms with Gasteiger partial charge in [-0.2, -0.15) is 13.2 Å². The van der Waals surface area contributed by atoms with Crippen LogP contribution in [0.15, 0.2) is 22.7 Å². The highest BCUT2D eigenvalue weighted by atomic mass is 79.9. The summed E-state index contributed by atoms with van der Waals surface area (Å²) >= 11 is 3.38. The van der Waals surface area contributed by atoms with Crippen molar-refractivity contribution in [3.63, 3.8) is 0 Å². The quantitative estimate of drug-likeness (QED) is 0.889. The zero-order chi connectivity index (χ0) is 15.8. The number of carbonyl (C=O) groups is 1. The van der Waals surface area contributed by atoms with Gasteiger partial charge < -0.3 is 5.11 Å². The van der Waals surface area contributed by atoms with Crippen LogP contribution in [0.1, 0.15) is 17.5 Å². The zero-order valence-corrected chi connectivity index (χ0v) is 13.0. The highest BCUT2D eigenvalue weighted by molar-refractivity contribution is 9.10. The van der Waals surface area contributed by atoms with E-state index in [0.29, 0.717) is 6.54 Å². The van der Waals surface area contributed by atoms with Crippen molar-refractivity contribution in [2.45, 2.75) is 26.1 Å². The first-order chi connectivity index (χ1) is 9.65. The molecule has 116 valence electrons. The lowest BCUT2D eigenvalue weighted by molar-refractivity contribution is -0.227. The highest BCUT2D eigenvalue weighted by Crippen LogP contribution is 2.46. The molecule has 2 rings (SSSR count). The molecule has 1 saturated heterocycles. The Hall–Kier alpha value is -1.08. The summed E-state index contributed by atoms with van der Waals surface area (Å²) in [5.41, 5.74) is -0.749. The van der Waals surface area contributed by atoms with E-state index < -0.39 is 30.5 Å². The molecule has 0 bridgehead atoms. The predicted molar refractivity (Wildman–Crippen MR) is 74.9 cm³/mol. The van der Waals surface area contributed by atoms with E-state index in [4.69, 9.17) is 5.11 Å². The van der Waals surface area contributed by atoms with Crippen LogP contribution in [0.2, 0.25) is 0 Å². The van der Waals surface area contributed by atoms with Crippen molar-refractivity contribution >= 4 is 21.9 Å². The van der Waals surface area contributed by atoms with E-state index in [2.05, 4.69) is 15.9 Å². The van der Waals surface area contributed by atoms with Gasteiger partial charge in [-0.25, -0.2) is 0 Å². The van der Waals surface area contributed by atoms with Gasteiger partial charge in [0.2, 0.25) is 0 Å². The van der Waals surface area contributed by atoms with Gasteiger partial charge in [0.05, 0.1) is 0 Å². The number of carboxylic acid groups (broad SMARTS) is 1. The molecule has 0 aromatic heterocycles. The Morgan fingerprint density at radius 3 is 2.62 bits per heavy atom. The smallest absolute Gasteiger partial charge is 0.406 e. The van der Waals surface area contributed by atoms with Gasteiger partial charge in [0, 0.05) is 24.1 Å². The lowest BCUT2D eigenvalue weighted by Gasteiger charge is -2.27. The van der Waals surface area contributed by atoms with E-state index >= 15 is 0 Å². The van der Waals surface area contributed by atoms with Gasteiger partial charge in [0.25, 0.3) is 0 Å². The van der Waals surface area contributed by atoms with Crippen LogP contribution in [0.4, 0.5) is 13.2 Å². The molecule has 1 atom stereocenters. The number of benzene rings is 1. The molecule has 0 aliphatic carbocycles. The zero-order valence-electron chi connectivity index (χ0n) is 11.4. The predicted octanol–water partition coefficient (Wildman–Crippen LogP) is 3.60. The number of rotatable bonds is 3. The van der Waals surface area contributed by atoms with Gasteiger partial charge in [0.1, 0.15) is 0 Å². The van der Waals surface area contributed by atoms with Gasteiger partial charge >= 0.3 is 12.1 Å². The van der Waals surface area contributed by atoms with E-state index in [1.165, 1.54) is 0 Å². The topological polar surface area (TPSA) is 40.5 Å². The molecular formula is C14H15BrF3NO2. The summed E-state index contributed by atoms with van der Waals surface area (Å²) in [6, 6.07) is 5.57. The van der Waals surface area contributed by atoms with Gasteiger partial charge in [-0.15, -0.1) is 0 Å². The molecule has 7 heteroatoms. The average Bonchev–Trinajstić information content (AvgIpc) is 2.79. The fraction of sp³-hybridized carbons (Fsp3) is 0.500. The maximum Gasteiger partial charge on any atom is 0.406 e. The number of nitrogens with zero attached hydrogens (tertiary/aromatic N) is 1. The summed E-state index contributed by atoms with van der Waals surface area (Å²) in [6.07, 6.45) is -5.14. The SMILES string of the molecule is Cc1ccc(CN2CCC(C(=O)O)(C(F)(F)F)C2)cc1Br. The number of hydrogen-bond acceptors (Lipinski definition) is 2. The van der Waals surface area contributed by atoms with Crippen molar-refractivity contribution in [1.29, 1.82) is 0 Å². The van der Waals surface area contributed by atoms with E-state index in [1.54, 1.807) is 4.90 Å². The molecule has 1 aliphatic rings. The van der Waals surface area contributed by atoms with Crippen LogP contribution >= 0.6 is 15.9 Å². The summed E-state index contributed by atoms with van der Waals surface area (Å²) in [6.45, 7) is 1.85. The average molecular weight is 366 g/mol. The highest BCUT2D eigenvalue weighted by Gasteiger charge is 2.63. The number of aliphatic carboxylic acids is 1. The molecule has 1 aromatic rings. The molecule has 1 aromatic carbocycles. The van der Waals surface area contributed by atoms with Gasteiger partial charge in [-0.3, -0.25) is 9.69 Å². The number of alkyl halides is 3. The number of carboxylic acids is 1. The molecular weight excluding hydrogens is 351 g/mol. The number of aryl methyl sites for hydroxylation is 1. The van der Waals surface area contributed by atoms with E-state index in [0.717, 1.165) is 15.6 Å². The summed E-state index contributed by atoms with van der Waals surface area (Å²) in [4.78, 5) is 12.7. The maximum absolute atomic E-state index is 13.1. The lowest BCUT2D eigenvalue weighted by atomic mass is 9.86. The molecule has 1 fully saturated rings. The Bertz CT molecular complexity index is 562. The van der Waals surface area contributed by atoms with Crippen molar-refractivity contribution in [1.82, 2.24) is 4.90 Å². The van der Waals surface area contributed by atoms with Crippen LogP contribution in [-0.4, -0.2) is 35.2 Å². The summed E-state index contributed by atoms with van der Waals surface area (Å²) < 4.78 is 40.1. The molecule has 0 amide bonds. The van der Waals surface area contributed by atoms with Crippen molar-refractivity contribution in [3.05, 3.63) is 33.8 Å². The Labute approximate surface area is 128 Å². The normalized spacial score (nSPS) is 23.5. The standard InChI is InChI=1S/C14H15BrF3NO2/c1-9-2-3-10(6-11(9)15)7-19-5-4-13(8-19,12(20)21)14(16,17)18/h2-3,6H,4-5,7-8H2,1H3,(H,20,21). The number of halogens is 4. The summed E-state index contributed by atoms with van der Waals surface area (Å²) in [5.74, 6) is -1.79. The fourth-order valence-electron chi connectivity index (χ4n) is 2.54. The van der Waals surface area contributed by atoms with Crippen LogP contribution in [0.5, 0.6) is 0 Å². The molecule has 0 saturated carbocycles. The molecule has 21 heavy (non-hydrogen) atoms. The maximum atomic E-state index is 13.1. The third-order valence-electron chi connectivity index (χ3n) is 3.94. The van der Waals surface area contributed by atoms with E-state index in [9.17, 15) is 18.0 Å². The lowest BCUT2D eigenvalue weighted by Crippen LogP contribution is -2.47. The fourth-order valence-corrected chi connectivity index (χ4v) is 2.97. The Balaban J connectivity index is 2.14. The summed E-state index contributed by atoms with van der Waals surface area (Å²) in [7, 11) is 0. The molecule has 1 unspecified atom stereocenters. The Morgan fingerprint density at radius 1 is 1.48 bits per heavy atom. The third kappa shape index (κ3) is 3.08. The van der Waals surface area contributed by atoms with Crippen molar-refractivity contribution in [2.24, 2.45) is 5.41 Å². The monoisotopic (exact) mass is 365 g/mol. The van der Waals surface area contributed by atoms with Crippen LogP contribution in [0.3, 0.4) is 0 Å². The molecule has 0 spiro atoms. The van der Waals surface area contributed by atoms with Crippen LogP contribution < -0.4 is 0 Å². The van der Waals surface area contributed by atoms with E-state index in [1.807, 2.05) is 25.1 Å². The van der Waals surface area contributed by atoms with Crippen LogP contribution in [0.25, 0.3) is 0 Å². The summed E-state index contributed by atoms with van der Waals surface area (Å²) in [5, 5.41) is 9.01. The molecule has 1 N–H and O–H groups in total. The molecule has 1 heterocycles. The van der Waals surface area contributed by atoms with Crippen LogP contribution in [0, 0.1) is 12.3 Å². The van der Waals surface area contributed by atoms with E-state index in [-0.39, 0.29) is 6.54 Å². The minimum Gasteiger partial charge on any atom is -0.481 e. The third-order valence-corrected chi connectivity index (χ3v) is 4.80. The second-order valence-corrected chi connectivity index (χ2v) is 6.28. The Kier molecular flexibility index (Phi) is 4.35. The number of hydrogen-bond donors (Lipinski definition) is 1. The first-order valence-electron chi connectivity index (χ1n) is 6.43. The molecule has 0 radical (unpaired) electrons. The van der Waals surface area contributed by atoms with Crippen LogP contribution in [-0.2, 0) is 11.3 Å². The second kappa shape index (κ2) is 5.61. The minimum absolute atomic E-state index is 0.122. The largest absolute Gasteiger partial charge is 0.481 e. The minimum atomic E-state index is -4.73. The van der Waals surface area contributed by atoms with Gasteiger partial charge in [-0.1, -0.05) is 28.1 Å². The molecule has 1 aliphatic heterocycles.